The van der Waals surface area contributed by atoms with Crippen molar-refractivity contribution in [2.24, 2.45) is 0 Å². The van der Waals surface area contributed by atoms with Crippen molar-refractivity contribution in [3.8, 4) is 5.69 Å². The maximum Gasteiger partial charge on any atom is 0.339 e. The second-order valence-electron chi connectivity index (χ2n) is 4.43. The SMILES string of the molecule is CCOC(=O)c1cc(C)n(-c2ccc(Br)cc2C(=O)O)c1. The van der Waals surface area contributed by atoms with E-state index in [2.05, 4.69) is 15.9 Å². The Bertz CT molecular complexity index is 706. The lowest BCUT2D eigenvalue weighted by Crippen LogP contribution is -2.06. The van der Waals surface area contributed by atoms with Gasteiger partial charge in [0.2, 0.25) is 0 Å². The summed E-state index contributed by atoms with van der Waals surface area (Å²) in [5.41, 5.74) is 1.80. The third-order valence-corrected chi connectivity index (χ3v) is 3.47. The molecule has 0 saturated heterocycles. The van der Waals surface area contributed by atoms with Crippen LogP contribution in [0.1, 0.15) is 33.3 Å². The zero-order valence-corrected chi connectivity index (χ0v) is 13.2. The van der Waals surface area contributed by atoms with Crippen LogP contribution in [0.3, 0.4) is 0 Å². The van der Waals surface area contributed by atoms with E-state index in [0.717, 1.165) is 5.69 Å². The number of rotatable bonds is 4. The van der Waals surface area contributed by atoms with Crippen LogP contribution in [-0.4, -0.2) is 28.2 Å². The molecule has 0 aliphatic rings. The van der Waals surface area contributed by atoms with Crippen molar-refractivity contribution in [3.05, 3.63) is 51.8 Å². The number of esters is 1. The third-order valence-electron chi connectivity index (χ3n) is 2.97. The third kappa shape index (κ3) is 3.16. The average Bonchev–Trinajstić information content (AvgIpc) is 2.81. The van der Waals surface area contributed by atoms with Gasteiger partial charge >= 0.3 is 11.9 Å². The second-order valence-corrected chi connectivity index (χ2v) is 5.34. The molecule has 0 aliphatic heterocycles. The van der Waals surface area contributed by atoms with E-state index in [0.29, 0.717) is 22.3 Å². The molecule has 1 aromatic carbocycles. The van der Waals surface area contributed by atoms with E-state index in [9.17, 15) is 14.7 Å². The minimum atomic E-state index is -1.03. The molecule has 1 aromatic heterocycles. The predicted molar refractivity (Wildman–Crippen MR) is 81.1 cm³/mol. The van der Waals surface area contributed by atoms with Crippen molar-refractivity contribution in [1.29, 1.82) is 0 Å². The fraction of sp³-hybridized carbons (Fsp3) is 0.200. The summed E-state index contributed by atoms with van der Waals surface area (Å²) in [4.78, 5) is 23.1. The number of halogens is 1. The van der Waals surface area contributed by atoms with Gasteiger partial charge in [-0.2, -0.15) is 0 Å². The topological polar surface area (TPSA) is 68.5 Å². The summed E-state index contributed by atoms with van der Waals surface area (Å²) in [5.74, 6) is -1.45. The van der Waals surface area contributed by atoms with Gasteiger partial charge in [-0.15, -0.1) is 0 Å². The first-order valence-electron chi connectivity index (χ1n) is 6.33. The average molecular weight is 352 g/mol. The lowest BCUT2D eigenvalue weighted by Gasteiger charge is -2.10. The Kier molecular flexibility index (Phi) is 4.47. The number of aromatic carboxylic acids is 1. The molecule has 0 saturated carbocycles. The number of carboxylic acids is 1. The first kappa shape index (κ1) is 15.3. The maximum absolute atomic E-state index is 11.8. The van der Waals surface area contributed by atoms with Gasteiger partial charge in [0, 0.05) is 16.4 Å². The molecule has 6 heteroatoms. The van der Waals surface area contributed by atoms with Gasteiger partial charge in [-0.05, 0) is 38.1 Å². The molecule has 0 fully saturated rings. The van der Waals surface area contributed by atoms with E-state index in [1.807, 2.05) is 0 Å². The summed E-state index contributed by atoms with van der Waals surface area (Å²) < 4.78 is 7.30. The summed E-state index contributed by atoms with van der Waals surface area (Å²) in [6.45, 7) is 3.83. The highest BCUT2D eigenvalue weighted by molar-refractivity contribution is 9.10. The number of carboxylic acid groups (broad SMARTS) is 1. The fourth-order valence-corrected chi connectivity index (χ4v) is 2.41. The van der Waals surface area contributed by atoms with Crippen LogP contribution in [0.2, 0.25) is 0 Å². The lowest BCUT2D eigenvalue weighted by molar-refractivity contribution is 0.0526. The molecule has 0 spiro atoms. The molecule has 0 amide bonds. The molecule has 5 nitrogen and oxygen atoms in total. The van der Waals surface area contributed by atoms with Crippen LogP contribution in [0.5, 0.6) is 0 Å². The van der Waals surface area contributed by atoms with Crippen molar-refractivity contribution in [2.75, 3.05) is 6.61 Å². The van der Waals surface area contributed by atoms with Crippen LogP contribution < -0.4 is 0 Å². The number of nitrogens with zero attached hydrogens (tertiary/aromatic N) is 1. The summed E-state index contributed by atoms with van der Waals surface area (Å²) in [6.07, 6.45) is 1.59. The molecule has 110 valence electrons. The highest BCUT2D eigenvalue weighted by atomic mass is 79.9. The fourth-order valence-electron chi connectivity index (χ4n) is 2.05. The van der Waals surface area contributed by atoms with E-state index in [1.54, 1.807) is 42.8 Å². The van der Waals surface area contributed by atoms with E-state index in [1.165, 1.54) is 6.07 Å². The van der Waals surface area contributed by atoms with Gasteiger partial charge in [0.05, 0.1) is 23.4 Å². The Labute approximate surface area is 130 Å². The van der Waals surface area contributed by atoms with Gasteiger partial charge in [0.15, 0.2) is 0 Å². The molecule has 0 radical (unpaired) electrons. The normalized spacial score (nSPS) is 10.4. The van der Waals surface area contributed by atoms with Crippen LogP contribution in [0, 0.1) is 6.92 Å². The molecule has 0 bridgehead atoms. The number of hydrogen-bond acceptors (Lipinski definition) is 3. The van der Waals surface area contributed by atoms with Gasteiger partial charge in [-0.3, -0.25) is 0 Å². The minimum Gasteiger partial charge on any atom is -0.478 e. The van der Waals surface area contributed by atoms with E-state index >= 15 is 0 Å². The van der Waals surface area contributed by atoms with Gasteiger partial charge in [0.25, 0.3) is 0 Å². The number of hydrogen-bond donors (Lipinski definition) is 1. The Morgan fingerprint density at radius 2 is 2.05 bits per heavy atom. The maximum atomic E-state index is 11.8. The molecule has 0 unspecified atom stereocenters. The van der Waals surface area contributed by atoms with Crippen molar-refractivity contribution < 1.29 is 19.4 Å². The highest BCUT2D eigenvalue weighted by Crippen LogP contribution is 2.23. The molecule has 2 aromatic rings. The van der Waals surface area contributed by atoms with Gasteiger partial charge in [-0.25, -0.2) is 9.59 Å². The van der Waals surface area contributed by atoms with E-state index in [4.69, 9.17) is 4.74 Å². The van der Waals surface area contributed by atoms with Crippen LogP contribution in [-0.2, 0) is 4.74 Å². The minimum absolute atomic E-state index is 0.151. The Balaban J connectivity index is 2.53. The number of benzene rings is 1. The van der Waals surface area contributed by atoms with Crippen molar-refractivity contribution >= 4 is 27.9 Å². The summed E-state index contributed by atoms with van der Waals surface area (Å²) in [7, 11) is 0. The molecule has 2 rings (SSSR count). The largest absolute Gasteiger partial charge is 0.478 e. The smallest absolute Gasteiger partial charge is 0.339 e. The molecule has 1 heterocycles. The number of aromatic nitrogens is 1. The van der Waals surface area contributed by atoms with Gasteiger partial charge in [0.1, 0.15) is 0 Å². The molecular formula is C15H14BrNO4. The lowest BCUT2D eigenvalue weighted by atomic mass is 10.1. The molecule has 1 N–H and O–H groups in total. The zero-order chi connectivity index (χ0) is 15.6. The summed E-state index contributed by atoms with van der Waals surface area (Å²) >= 11 is 3.26. The zero-order valence-electron chi connectivity index (χ0n) is 11.6. The molecule has 0 atom stereocenters. The Morgan fingerprint density at radius 1 is 1.33 bits per heavy atom. The second kappa shape index (κ2) is 6.13. The highest BCUT2D eigenvalue weighted by Gasteiger charge is 2.17. The number of carbonyl (C=O) groups is 2. The van der Waals surface area contributed by atoms with Crippen LogP contribution in [0.4, 0.5) is 0 Å². The van der Waals surface area contributed by atoms with Crippen LogP contribution in [0.25, 0.3) is 5.69 Å². The van der Waals surface area contributed by atoms with E-state index in [-0.39, 0.29) is 5.56 Å². The van der Waals surface area contributed by atoms with E-state index < -0.39 is 11.9 Å². The Hall–Kier alpha value is -2.08. The number of carbonyl (C=O) groups excluding carboxylic acids is 1. The van der Waals surface area contributed by atoms with Crippen LogP contribution in [0.15, 0.2) is 34.9 Å². The summed E-state index contributed by atoms with van der Waals surface area (Å²) in [6, 6.07) is 6.65. The molecule has 0 aliphatic carbocycles. The first-order valence-corrected chi connectivity index (χ1v) is 7.12. The number of ether oxygens (including phenoxy) is 1. The predicted octanol–water partition coefficient (Wildman–Crippen LogP) is 3.42. The van der Waals surface area contributed by atoms with Crippen molar-refractivity contribution in [2.45, 2.75) is 13.8 Å². The monoisotopic (exact) mass is 351 g/mol. The number of aryl methyl sites for hydroxylation is 1. The van der Waals surface area contributed by atoms with Crippen LogP contribution >= 0.6 is 15.9 Å². The Morgan fingerprint density at radius 3 is 2.67 bits per heavy atom. The van der Waals surface area contributed by atoms with Crippen molar-refractivity contribution in [3.63, 3.8) is 0 Å². The molecular weight excluding hydrogens is 338 g/mol. The van der Waals surface area contributed by atoms with Gasteiger partial charge < -0.3 is 14.4 Å². The standard InChI is InChI=1S/C15H14BrNO4/c1-3-21-15(20)10-6-9(2)17(8-10)13-5-4-11(16)7-12(13)14(18)19/h4-8H,3H2,1-2H3,(H,18,19). The van der Waals surface area contributed by atoms with Crippen molar-refractivity contribution in [1.82, 2.24) is 4.57 Å². The summed E-state index contributed by atoms with van der Waals surface area (Å²) in [5, 5.41) is 9.32. The quantitative estimate of drug-likeness (QED) is 0.856. The van der Waals surface area contributed by atoms with Gasteiger partial charge in [-0.1, -0.05) is 15.9 Å². The molecule has 21 heavy (non-hydrogen) atoms. The first-order chi connectivity index (χ1) is 9.93.